The second kappa shape index (κ2) is 5.47. The number of allylic oxidation sites excluding steroid dienone is 1. The molecule has 2 atom stereocenters. The van der Waals surface area contributed by atoms with Gasteiger partial charge in [0.2, 0.25) is 0 Å². The molecule has 1 aliphatic heterocycles. The van der Waals surface area contributed by atoms with Crippen LogP contribution in [0.15, 0.2) is 24.3 Å². The number of pyridine rings is 1. The molecule has 2 aliphatic carbocycles. The molecule has 0 N–H and O–H groups in total. The standard InChI is InChI=1S/C20H22ClN3/c1-23-6-8-24(9-7-23)20-18-11-14-10-13(14)2-4-16(18)17-5-3-15(21)12-19(17)22-20/h2-5,12-14H,6-11H2,1H3. The zero-order valence-electron chi connectivity index (χ0n) is 14.0. The number of aromatic nitrogens is 1. The average molecular weight is 340 g/mol. The molecular weight excluding hydrogens is 318 g/mol. The Hall–Kier alpha value is -1.58. The summed E-state index contributed by atoms with van der Waals surface area (Å²) < 4.78 is 0. The van der Waals surface area contributed by atoms with E-state index in [1.165, 1.54) is 35.2 Å². The van der Waals surface area contributed by atoms with Crippen molar-refractivity contribution in [3.63, 3.8) is 0 Å². The molecule has 2 unspecified atom stereocenters. The zero-order valence-corrected chi connectivity index (χ0v) is 14.8. The molecule has 1 aromatic heterocycles. The minimum Gasteiger partial charge on any atom is -0.354 e. The lowest BCUT2D eigenvalue weighted by Gasteiger charge is -2.35. The minimum absolute atomic E-state index is 0.764. The highest BCUT2D eigenvalue weighted by Gasteiger charge is 2.38. The number of rotatable bonds is 1. The molecule has 0 radical (unpaired) electrons. The van der Waals surface area contributed by atoms with Crippen LogP contribution in [-0.4, -0.2) is 43.1 Å². The second-order valence-electron chi connectivity index (χ2n) is 7.50. The number of piperazine rings is 1. The van der Waals surface area contributed by atoms with Crippen LogP contribution in [0.5, 0.6) is 0 Å². The van der Waals surface area contributed by atoms with E-state index in [2.05, 4.69) is 35.1 Å². The number of hydrogen-bond donors (Lipinski definition) is 0. The summed E-state index contributed by atoms with van der Waals surface area (Å²) in [5.74, 6) is 2.80. The Morgan fingerprint density at radius 1 is 1.17 bits per heavy atom. The number of benzene rings is 1. The monoisotopic (exact) mass is 339 g/mol. The van der Waals surface area contributed by atoms with Gasteiger partial charge in [-0.1, -0.05) is 29.8 Å². The molecule has 0 bridgehead atoms. The molecule has 1 aromatic carbocycles. The van der Waals surface area contributed by atoms with Crippen LogP contribution in [0.3, 0.4) is 0 Å². The fourth-order valence-electron chi connectivity index (χ4n) is 4.18. The van der Waals surface area contributed by atoms with Gasteiger partial charge in [-0.15, -0.1) is 0 Å². The number of fused-ring (bicyclic) bond motifs is 4. The molecule has 3 aliphatic rings. The zero-order chi connectivity index (χ0) is 16.3. The molecule has 1 saturated heterocycles. The predicted octanol–water partition coefficient (Wildman–Crippen LogP) is 3.85. The fourth-order valence-corrected chi connectivity index (χ4v) is 4.35. The van der Waals surface area contributed by atoms with E-state index < -0.39 is 0 Å². The Bertz CT molecular complexity index is 836. The Morgan fingerprint density at radius 2 is 2.00 bits per heavy atom. The molecule has 24 heavy (non-hydrogen) atoms. The lowest BCUT2D eigenvalue weighted by Crippen LogP contribution is -2.45. The summed E-state index contributed by atoms with van der Waals surface area (Å²) in [6.45, 7) is 4.32. The van der Waals surface area contributed by atoms with Crippen LogP contribution in [-0.2, 0) is 6.42 Å². The largest absolute Gasteiger partial charge is 0.354 e. The van der Waals surface area contributed by atoms with Crippen molar-refractivity contribution >= 4 is 34.4 Å². The highest BCUT2D eigenvalue weighted by Crippen LogP contribution is 2.47. The Labute approximate surface area is 147 Å². The van der Waals surface area contributed by atoms with Gasteiger partial charge < -0.3 is 9.80 Å². The Balaban J connectivity index is 1.69. The van der Waals surface area contributed by atoms with Crippen LogP contribution in [0.4, 0.5) is 5.82 Å². The van der Waals surface area contributed by atoms with Crippen molar-refractivity contribution in [2.75, 3.05) is 38.1 Å². The molecule has 4 heteroatoms. The molecule has 124 valence electrons. The van der Waals surface area contributed by atoms with Gasteiger partial charge in [0.25, 0.3) is 0 Å². The SMILES string of the molecule is CN1CCN(c2nc3cc(Cl)ccc3c3c2CC2CC2C=C3)CC1. The van der Waals surface area contributed by atoms with Gasteiger partial charge in [-0.3, -0.25) is 0 Å². The van der Waals surface area contributed by atoms with Crippen LogP contribution in [0.2, 0.25) is 5.02 Å². The lowest BCUT2D eigenvalue weighted by atomic mass is 9.98. The van der Waals surface area contributed by atoms with E-state index in [4.69, 9.17) is 16.6 Å². The van der Waals surface area contributed by atoms with Crippen molar-refractivity contribution in [1.29, 1.82) is 0 Å². The van der Waals surface area contributed by atoms with Crippen LogP contribution in [0.25, 0.3) is 17.0 Å². The minimum atomic E-state index is 0.764. The summed E-state index contributed by atoms with van der Waals surface area (Å²) in [6.07, 6.45) is 7.28. The van der Waals surface area contributed by atoms with Gasteiger partial charge in [-0.05, 0) is 49.4 Å². The smallest absolute Gasteiger partial charge is 0.133 e. The maximum atomic E-state index is 6.24. The quantitative estimate of drug-likeness (QED) is 0.786. The lowest BCUT2D eigenvalue weighted by molar-refractivity contribution is 0.312. The van der Waals surface area contributed by atoms with E-state index in [0.29, 0.717) is 0 Å². The van der Waals surface area contributed by atoms with E-state index >= 15 is 0 Å². The van der Waals surface area contributed by atoms with E-state index in [-0.39, 0.29) is 0 Å². The van der Waals surface area contributed by atoms with Crippen LogP contribution < -0.4 is 4.90 Å². The first-order valence-electron chi connectivity index (χ1n) is 8.93. The molecule has 0 amide bonds. The summed E-state index contributed by atoms with van der Waals surface area (Å²) in [4.78, 5) is 9.96. The third-order valence-corrected chi connectivity index (χ3v) is 6.06. The van der Waals surface area contributed by atoms with Crippen LogP contribution in [0.1, 0.15) is 17.5 Å². The van der Waals surface area contributed by atoms with Crippen LogP contribution >= 0.6 is 11.6 Å². The Morgan fingerprint density at radius 3 is 2.83 bits per heavy atom. The van der Waals surface area contributed by atoms with Crippen molar-refractivity contribution in [3.8, 4) is 0 Å². The van der Waals surface area contributed by atoms with Crippen molar-refractivity contribution in [2.45, 2.75) is 12.8 Å². The van der Waals surface area contributed by atoms with Crippen LogP contribution in [0, 0.1) is 11.8 Å². The van der Waals surface area contributed by atoms with E-state index in [1.807, 2.05) is 12.1 Å². The van der Waals surface area contributed by atoms with E-state index in [0.717, 1.165) is 48.6 Å². The van der Waals surface area contributed by atoms with Gasteiger partial charge in [-0.2, -0.15) is 0 Å². The molecule has 2 aromatic rings. The molecular formula is C20H22ClN3. The van der Waals surface area contributed by atoms with Crippen molar-refractivity contribution < 1.29 is 0 Å². The molecule has 3 nitrogen and oxygen atoms in total. The fraction of sp³-hybridized carbons (Fsp3) is 0.450. The van der Waals surface area contributed by atoms with Gasteiger partial charge in [0.15, 0.2) is 0 Å². The summed E-state index contributed by atoms with van der Waals surface area (Å²) in [5.41, 5.74) is 3.85. The van der Waals surface area contributed by atoms with Gasteiger partial charge in [0.05, 0.1) is 5.52 Å². The first kappa shape index (κ1) is 14.7. The van der Waals surface area contributed by atoms with Gasteiger partial charge in [0.1, 0.15) is 5.82 Å². The summed E-state index contributed by atoms with van der Waals surface area (Å²) in [7, 11) is 2.20. The first-order valence-corrected chi connectivity index (χ1v) is 9.30. The number of anilines is 1. The highest BCUT2D eigenvalue weighted by molar-refractivity contribution is 6.31. The number of likely N-dealkylation sites (N-methyl/N-ethyl adjacent to an activating group) is 1. The van der Waals surface area contributed by atoms with Crippen molar-refractivity contribution in [1.82, 2.24) is 9.88 Å². The summed E-state index contributed by atoms with van der Waals surface area (Å²) in [6, 6.07) is 6.13. The molecule has 2 fully saturated rings. The number of hydrogen-bond acceptors (Lipinski definition) is 3. The second-order valence-corrected chi connectivity index (χ2v) is 7.94. The molecule has 1 saturated carbocycles. The van der Waals surface area contributed by atoms with E-state index in [9.17, 15) is 0 Å². The third kappa shape index (κ3) is 2.42. The molecule has 0 spiro atoms. The third-order valence-electron chi connectivity index (χ3n) is 5.83. The molecule has 2 heterocycles. The van der Waals surface area contributed by atoms with Gasteiger partial charge in [0, 0.05) is 42.2 Å². The van der Waals surface area contributed by atoms with Crippen molar-refractivity contribution in [3.05, 3.63) is 40.4 Å². The first-order chi connectivity index (χ1) is 11.7. The topological polar surface area (TPSA) is 19.4 Å². The number of nitrogens with zero attached hydrogens (tertiary/aromatic N) is 3. The maximum absolute atomic E-state index is 6.24. The summed E-state index contributed by atoms with van der Waals surface area (Å²) >= 11 is 6.24. The van der Waals surface area contributed by atoms with Crippen molar-refractivity contribution in [2.24, 2.45) is 11.8 Å². The highest BCUT2D eigenvalue weighted by atomic mass is 35.5. The van der Waals surface area contributed by atoms with Gasteiger partial charge >= 0.3 is 0 Å². The van der Waals surface area contributed by atoms with Gasteiger partial charge in [-0.25, -0.2) is 4.98 Å². The van der Waals surface area contributed by atoms with E-state index in [1.54, 1.807) is 0 Å². The average Bonchev–Trinajstić information content (AvgIpc) is 3.33. The maximum Gasteiger partial charge on any atom is 0.133 e. The normalized spacial score (nSPS) is 26.2. The Kier molecular flexibility index (Phi) is 3.36. The molecule has 5 rings (SSSR count). The number of halogens is 1. The predicted molar refractivity (Wildman–Crippen MR) is 101 cm³/mol. The summed E-state index contributed by atoms with van der Waals surface area (Å²) in [5, 5.41) is 2.00.